The number of halogens is 1. The van der Waals surface area contributed by atoms with Gasteiger partial charge in [0, 0.05) is 24.2 Å². The maximum absolute atomic E-state index is 13.6. The van der Waals surface area contributed by atoms with Crippen LogP contribution in [0.1, 0.15) is 31.9 Å². The van der Waals surface area contributed by atoms with Crippen LogP contribution < -0.4 is 4.74 Å². The van der Waals surface area contributed by atoms with Crippen LogP contribution in [0, 0.1) is 5.82 Å². The number of aliphatic hydroxyl groups excluding tert-OH is 1. The van der Waals surface area contributed by atoms with Crippen LogP contribution in [0.25, 0.3) is 0 Å². The lowest BCUT2D eigenvalue weighted by atomic mass is 9.84. The van der Waals surface area contributed by atoms with Crippen LogP contribution in [-0.2, 0) is 4.74 Å². The van der Waals surface area contributed by atoms with Crippen LogP contribution in [0.2, 0.25) is 0 Å². The van der Waals surface area contributed by atoms with Crippen molar-refractivity contribution >= 4 is 0 Å². The molecule has 0 spiro atoms. The molecule has 118 valence electrons. The zero-order valence-corrected chi connectivity index (χ0v) is 12.9. The van der Waals surface area contributed by atoms with Crippen LogP contribution in [0.3, 0.4) is 0 Å². The Balaban J connectivity index is 2.34. The fourth-order valence-corrected chi connectivity index (χ4v) is 2.92. The SMILES string of the molecule is CCC(C)(C(O)c1cc(F)ccc1OC)N1CCOCC1. The molecule has 2 unspecified atom stereocenters. The Morgan fingerprint density at radius 2 is 2.10 bits per heavy atom. The molecule has 1 aliphatic rings. The van der Waals surface area contributed by atoms with Gasteiger partial charge in [0.1, 0.15) is 17.7 Å². The van der Waals surface area contributed by atoms with Crippen molar-refractivity contribution in [3.05, 3.63) is 29.6 Å². The molecule has 0 aromatic heterocycles. The van der Waals surface area contributed by atoms with Crippen molar-refractivity contribution in [1.29, 1.82) is 0 Å². The quantitative estimate of drug-likeness (QED) is 0.906. The summed E-state index contributed by atoms with van der Waals surface area (Å²) in [4.78, 5) is 2.21. The van der Waals surface area contributed by atoms with Gasteiger partial charge in [-0.3, -0.25) is 4.90 Å². The van der Waals surface area contributed by atoms with Gasteiger partial charge in [0.05, 0.1) is 20.3 Å². The van der Waals surface area contributed by atoms with Gasteiger partial charge < -0.3 is 14.6 Å². The van der Waals surface area contributed by atoms with E-state index in [0.29, 0.717) is 24.5 Å². The molecule has 1 saturated heterocycles. The molecule has 5 heteroatoms. The van der Waals surface area contributed by atoms with Gasteiger partial charge in [-0.05, 0) is 31.5 Å². The lowest BCUT2D eigenvalue weighted by Gasteiger charge is -2.46. The van der Waals surface area contributed by atoms with E-state index < -0.39 is 11.6 Å². The van der Waals surface area contributed by atoms with Gasteiger partial charge in [0.25, 0.3) is 0 Å². The van der Waals surface area contributed by atoms with Crippen molar-refractivity contribution in [3.63, 3.8) is 0 Å². The number of ether oxygens (including phenoxy) is 2. The fraction of sp³-hybridized carbons (Fsp3) is 0.625. The van der Waals surface area contributed by atoms with Crippen LogP contribution in [0.5, 0.6) is 5.75 Å². The zero-order valence-electron chi connectivity index (χ0n) is 12.9. The lowest BCUT2D eigenvalue weighted by Crippen LogP contribution is -2.54. The standard InChI is InChI=1S/C16H24FNO3/c1-4-16(2,18-7-9-21-10-8-18)15(19)13-11-12(17)5-6-14(13)20-3/h5-6,11,15,19H,4,7-10H2,1-3H3. The highest BCUT2D eigenvalue weighted by molar-refractivity contribution is 5.37. The second-order valence-corrected chi connectivity index (χ2v) is 5.60. The zero-order chi connectivity index (χ0) is 15.5. The summed E-state index contributed by atoms with van der Waals surface area (Å²) in [6.07, 6.45) is -0.0837. The summed E-state index contributed by atoms with van der Waals surface area (Å²) in [7, 11) is 1.53. The topological polar surface area (TPSA) is 41.9 Å². The van der Waals surface area contributed by atoms with Crippen molar-refractivity contribution in [1.82, 2.24) is 4.90 Å². The highest BCUT2D eigenvalue weighted by atomic mass is 19.1. The van der Waals surface area contributed by atoms with Gasteiger partial charge in [-0.25, -0.2) is 4.39 Å². The molecular weight excluding hydrogens is 273 g/mol. The van der Waals surface area contributed by atoms with E-state index in [9.17, 15) is 9.50 Å². The first-order valence-corrected chi connectivity index (χ1v) is 7.37. The minimum Gasteiger partial charge on any atom is -0.496 e. The Kier molecular flexibility index (Phi) is 5.19. The fourth-order valence-electron chi connectivity index (χ4n) is 2.92. The highest BCUT2D eigenvalue weighted by Crippen LogP contribution is 2.38. The summed E-state index contributed by atoms with van der Waals surface area (Å²) >= 11 is 0. The number of nitrogens with zero attached hydrogens (tertiary/aromatic N) is 1. The Labute approximate surface area is 125 Å². The average molecular weight is 297 g/mol. The van der Waals surface area contributed by atoms with E-state index in [4.69, 9.17) is 9.47 Å². The molecular formula is C16H24FNO3. The molecule has 4 nitrogen and oxygen atoms in total. The van der Waals surface area contributed by atoms with Gasteiger partial charge in [-0.1, -0.05) is 6.92 Å². The summed E-state index contributed by atoms with van der Waals surface area (Å²) in [6.45, 7) is 6.88. The monoisotopic (exact) mass is 297 g/mol. The van der Waals surface area contributed by atoms with Crippen molar-refractivity contribution in [2.24, 2.45) is 0 Å². The molecule has 1 aliphatic heterocycles. The molecule has 2 atom stereocenters. The van der Waals surface area contributed by atoms with E-state index >= 15 is 0 Å². The van der Waals surface area contributed by atoms with Gasteiger partial charge in [-0.15, -0.1) is 0 Å². The Morgan fingerprint density at radius 1 is 1.43 bits per heavy atom. The minimum absolute atomic E-state index is 0.370. The van der Waals surface area contributed by atoms with Crippen LogP contribution >= 0.6 is 0 Å². The maximum Gasteiger partial charge on any atom is 0.124 e. The van der Waals surface area contributed by atoms with Gasteiger partial charge >= 0.3 is 0 Å². The molecule has 21 heavy (non-hydrogen) atoms. The third-order valence-electron chi connectivity index (χ3n) is 4.52. The molecule has 1 aromatic rings. The van der Waals surface area contributed by atoms with Crippen molar-refractivity contribution in [2.75, 3.05) is 33.4 Å². The van der Waals surface area contributed by atoms with E-state index in [1.807, 2.05) is 13.8 Å². The predicted molar refractivity (Wildman–Crippen MR) is 79.0 cm³/mol. The number of benzene rings is 1. The number of hydrogen-bond acceptors (Lipinski definition) is 4. The summed E-state index contributed by atoms with van der Waals surface area (Å²) in [6, 6.07) is 4.26. The third kappa shape index (κ3) is 3.20. The van der Waals surface area contributed by atoms with Gasteiger partial charge in [0.15, 0.2) is 0 Å². The van der Waals surface area contributed by atoms with Crippen LogP contribution in [0.15, 0.2) is 18.2 Å². The normalized spacial score (nSPS) is 20.8. The molecule has 1 fully saturated rings. The maximum atomic E-state index is 13.6. The van der Waals surface area contributed by atoms with Crippen LogP contribution in [0.4, 0.5) is 4.39 Å². The van der Waals surface area contributed by atoms with Crippen molar-refractivity contribution in [2.45, 2.75) is 31.9 Å². The first-order chi connectivity index (χ1) is 10.0. The minimum atomic E-state index is -0.828. The van der Waals surface area contributed by atoms with E-state index in [1.165, 1.54) is 19.2 Å². The number of methoxy groups -OCH3 is 1. The first kappa shape index (κ1) is 16.2. The predicted octanol–water partition coefficient (Wildman–Crippen LogP) is 2.37. The molecule has 0 aliphatic carbocycles. The second-order valence-electron chi connectivity index (χ2n) is 5.60. The van der Waals surface area contributed by atoms with E-state index in [-0.39, 0.29) is 5.82 Å². The van der Waals surface area contributed by atoms with Gasteiger partial charge in [-0.2, -0.15) is 0 Å². The smallest absolute Gasteiger partial charge is 0.124 e. The molecule has 0 bridgehead atoms. The van der Waals surface area contributed by atoms with Crippen molar-refractivity contribution in [3.8, 4) is 5.75 Å². The molecule has 0 saturated carbocycles. The summed E-state index contributed by atoms with van der Waals surface area (Å²) in [5.41, 5.74) is 0.0125. The Morgan fingerprint density at radius 3 is 2.67 bits per heavy atom. The van der Waals surface area contributed by atoms with E-state index in [1.54, 1.807) is 6.07 Å². The Bertz CT molecular complexity index is 477. The molecule has 0 radical (unpaired) electrons. The number of morpholine rings is 1. The first-order valence-electron chi connectivity index (χ1n) is 7.37. The third-order valence-corrected chi connectivity index (χ3v) is 4.52. The largest absolute Gasteiger partial charge is 0.496 e. The summed E-state index contributed by atoms with van der Waals surface area (Å²) < 4.78 is 24.2. The summed E-state index contributed by atoms with van der Waals surface area (Å²) in [5, 5.41) is 10.9. The Hall–Kier alpha value is -1.17. The summed E-state index contributed by atoms with van der Waals surface area (Å²) in [5.74, 6) is 0.141. The molecule has 2 rings (SSSR count). The number of hydrogen-bond donors (Lipinski definition) is 1. The molecule has 0 amide bonds. The average Bonchev–Trinajstić information content (AvgIpc) is 2.54. The van der Waals surface area contributed by atoms with E-state index in [2.05, 4.69) is 4.90 Å². The molecule has 1 N–H and O–H groups in total. The highest BCUT2D eigenvalue weighted by Gasteiger charge is 2.40. The number of rotatable bonds is 5. The molecule has 1 heterocycles. The number of aliphatic hydroxyl groups is 1. The van der Waals surface area contributed by atoms with Gasteiger partial charge in [0.2, 0.25) is 0 Å². The molecule has 1 aromatic carbocycles. The van der Waals surface area contributed by atoms with Crippen molar-refractivity contribution < 1.29 is 19.0 Å². The van der Waals surface area contributed by atoms with E-state index in [0.717, 1.165) is 19.5 Å². The van der Waals surface area contributed by atoms with Crippen LogP contribution in [-0.4, -0.2) is 49.0 Å². The second kappa shape index (κ2) is 6.73. The lowest BCUT2D eigenvalue weighted by molar-refractivity contribution is -0.0740.